The maximum absolute atomic E-state index is 6.11. The molecule has 0 bridgehead atoms. The standard InChI is InChI=1S/C26H29N5O2/c1-18(2)31-24-10-5-4-9-21(24)29-26(31)17-30-11-12-33-25(16-30)23-15-27-14-22(28-23)19-7-6-8-20(13-19)32-3/h4-10,13-15,18,25H,11-12,16-17H2,1-3H3/t25-/m1/s1. The summed E-state index contributed by atoms with van der Waals surface area (Å²) in [4.78, 5) is 16.7. The molecule has 4 aromatic rings. The molecule has 33 heavy (non-hydrogen) atoms. The Hall–Kier alpha value is -3.29. The summed E-state index contributed by atoms with van der Waals surface area (Å²) in [5, 5.41) is 0. The smallest absolute Gasteiger partial charge is 0.124 e. The van der Waals surface area contributed by atoms with E-state index in [0.29, 0.717) is 12.6 Å². The van der Waals surface area contributed by atoms with Gasteiger partial charge in [0.15, 0.2) is 0 Å². The van der Waals surface area contributed by atoms with Crippen LogP contribution in [-0.4, -0.2) is 51.2 Å². The zero-order chi connectivity index (χ0) is 22.8. The quantitative estimate of drug-likeness (QED) is 0.432. The van der Waals surface area contributed by atoms with Crippen molar-refractivity contribution < 1.29 is 9.47 Å². The second-order valence-electron chi connectivity index (χ2n) is 8.64. The molecular formula is C26H29N5O2. The average Bonchev–Trinajstić information content (AvgIpc) is 3.22. The molecule has 0 saturated carbocycles. The number of hydrogen-bond donors (Lipinski definition) is 0. The van der Waals surface area contributed by atoms with Crippen molar-refractivity contribution in [2.75, 3.05) is 26.8 Å². The summed E-state index contributed by atoms with van der Waals surface area (Å²) in [6.07, 6.45) is 3.46. The van der Waals surface area contributed by atoms with E-state index in [1.807, 2.05) is 30.3 Å². The Morgan fingerprint density at radius 3 is 2.82 bits per heavy atom. The highest BCUT2D eigenvalue weighted by molar-refractivity contribution is 5.76. The lowest BCUT2D eigenvalue weighted by Gasteiger charge is -2.32. The van der Waals surface area contributed by atoms with Gasteiger partial charge in [0.1, 0.15) is 17.7 Å². The van der Waals surface area contributed by atoms with Crippen LogP contribution in [0, 0.1) is 0 Å². The van der Waals surface area contributed by atoms with E-state index in [1.165, 1.54) is 5.52 Å². The highest BCUT2D eigenvalue weighted by Crippen LogP contribution is 2.27. The van der Waals surface area contributed by atoms with Gasteiger partial charge in [-0.25, -0.2) is 9.97 Å². The Morgan fingerprint density at radius 2 is 1.97 bits per heavy atom. The van der Waals surface area contributed by atoms with Gasteiger partial charge in [-0.05, 0) is 38.1 Å². The van der Waals surface area contributed by atoms with Gasteiger partial charge < -0.3 is 14.0 Å². The van der Waals surface area contributed by atoms with Gasteiger partial charge in [-0.3, -0.25) is 9.88 Å². The molecule has 0 radical (unpaired) electrons. The molecule has 1 atom stereocenters. The highest BCUT2D eigenvalue weighted by atomic mass is 16.5. The van der Waals surface area contributed by atoms with Crippen LogP contribution < -0.4 is 4.74 Å². The van der Waals surface area contributed by atoms with Crippen LogP contribution in [0.2, 0.25) is 0 Å². The molecule has 3 heterocycles. The van der Waals surface area contributed by atoms with Crippen LogP contribution in [-0.2, 0) is 11.3 Å². The fraction of sp³-hybridized carbons (Fsp3) is 0.346. The van der Waals surface area contributed by atoms with Gasteiger partial charge in [-0.15, -0.1) is 0 Å². The van der Waals surface area contributed by atoms with Crippen molar-refractivity contribution in [1.29, 1.82) is 0 Å². The fourth-order valence-corrected chi connectivity index (χ4v) is 4.46. The third kappa shape index (κ3) is 4.47. The second kappa shape index (κ2) is 9.29. The summed E-state index contributed by atoms with van der Waals surface area (Å²) < 4.78 is 13.8. The molecule has 1 aliphatic heterocycles. The number of rotatable bonds is 6. The van der Waals surface area contributed by atoms with Crippen LogP contribution in [0.25, 0.3) is 22.3 Å². The number of nitrogens with zero attached hydrogens (tertiary/aromatic N) is 5. The number of ether oxygens (including phenoxy) is 2. The maximum Gasteiger partial charge on any atom is 0.124 e. The van der Waals surface area contributed by atoms with E-state index in [0.717, 1.165) is 53.7 Å². The Morgan fingerprint density at radius 1 is 1.09 bits per heavy atom. The largest absolute Gasteiger partial charge is 0.497 e. The predicted molar refractivity (Wildman–Crippen MR) is 128 cm³/mol. The van der Waals surface area contributed by atoms with Gasteiger partial charge >= 0.3 is 0 Å². The van der Waals surface area contributed by atoms with E-state index in [1.54, 1.807) is 19.5 Å². The van der Waals surface area contributed by atoms with Crippen LogP contribution in [0.4, 0.5) is 0 Å². The van der Waals surface area contributed by atoms with Crippen molar-refractivity contribution in [3.8, 4) is 17.0 Å². The third-order valence-electron chi connectivity index (χ3n) is 6.05. The number of methoxy groups -OCH3 is 1. The molecule has 1 aliphatic rings. The summed E-state index contributed by atoms with van der Waals surface area (Å²) in [6, 6.07) is 16.6. The number of fused-ring (bicyclic) bond motifs is 1. The van der Waals surface area contributed by atoms with Crippen molar-refractivity contribution >= 4 is 11.0 Å². The van der Waals surface area contributed by atoms with E-state index >= 15 is 0 Å². The lowest BCUT2D eigenvalue weighted by Crippen LogP contribution is -2.38. The Bertz CT molecular complexity index is 1250. The van der Waals surface area contributed by atoms with Crippen LogP contribution >= 0.6 is 0 Å². The van der Waals surface area contributed by atoms with Crippen molar-refractivity contribution in [2.45, 2.75) is 32.5 Å². The molecule has 0 amide bonds. The van der Waals surface area contributed by atoms with E-state index in [4.69, 9.17) is 19.4 Å². The van der Waals surface area contributed by atoms with Gasteiger partial charge in [-0.1, -0.05) is 24.3 Å². The van der Waals surface area contributed by atoms with Gasteiger partial charge in [0.2, 0.25) is 0 Å². The minimum Gasteiger partial charge on any atom is -0.497 e. The summed E-state index contributed by atoms with van der Waals surface area (Å²) in [5.41, 5.74) is 4.86. The fourth-order valence-electron chi connectivity index (χ4n) is 4.46. The molecule has 7 heteroatoms. The zero-order valence-electron chi connectivity index (χ0n) is 19.3. The molecule has 1 saturated heterocycles. The van der Waals surface area contributed by atoms with Crippen LogP contribution in [0.1, 0.15) is 37.5 Å². The molecule has 2 aromatic heterocycles. The number of para-hydroxylation sites is 2. The summed E-state index contributed by atoms with van der Waals surface area (Å²) >= 11 is 0. The third-order valence-corrected chi connectivity index (χ3v) is 6.05. The Balaban J connectivity index is 1.37. The van der Waals surface area contributed by atoms with Crippen LogP contribution in [0.3, 0.4) is 0 Å². The average molecular weight is 444 g/mol. The van der Waals surface area contributed by atoms with Crippen molar-refractivity contribution in [2.24, 2.45) is 0 Å². The van der Waals surface area contributed by atoms with E-state index in [-0.39, 0.29) is 6.10 Å². The molecule has 7 nitrogen and oxygen atoms in total. The Labute approximate surface area is 194 Å². The first kappa shape index (κ1) is 21.6. The number of hydrogen-bond acceptors (Lipinski definition) is 6. The number of aromatic nitrogens is 4. The summed E-state index contributed by atoms with van der Waals surface area (Å²) in [5.74, 6) is 1.89. The molecule has 1 fully saturated rings. The summed E-state index contributed by atoms with van der Waals surface area (Å²) in [6.45, 7) is 7.45. The van der Waals surface area contributed by atoms with Crippen molar-refractivity contribution in [3.05, 3.63) is 72.4 Å². The summed E-state index contributed by atoms with van der Waals surface area (Å²) in [7, 11) is 1.67. The number of imidazole rings is 1. The first-order valence-electron chi connectivity index (χ1n) is 11.4. The van der Waals surface area contributed by atoms with Gasteiger partial charge in [-0.2, -0.15) is 0 Å². The molecule has 170 valence electrons. The lowest BCUT2D eigenvalue weighted by atomic mass is 10.1. The SMILES string of the molecule is COc1cccc(-c2cncc([C@H]3CN(Cc4nc5ccccc5n4C(C)C)CCO3)n2)c1. The maximum atomic E-state index is 6.11. The van der Waals surface area contributed by atoms with E-state index < -0.39 is 0 Å². The zero-order valence-corrected chi connectivity index (χ0v) is 19.3. The molecule has 0 N–H and O–H groups in total. The van der Waals surface area contributed by atoms with Crippen LogP contribution in [0.15, 0.2) is 60.9 Å². The molecule has 0 unspecified atom stereocenters. The molecule has 2 aromatic carbocycles. The predicted octanol–water partition coefficient (Wildman–Crippen LogP) is 4.66. The Kier molecular flexibility index (Phi) is 6.07. The lowest BCUT2D eigenvalue weighted by molar-refractivity contribution is -0.0361. The topological polar surface area (TPSA) is 65.3 Å². The monoisotopic (exact) mass is 443 g/mol. The highest BCUT2D eigenvalue weighted by Gasteiger charge is 2.25. The van der Waals surface area contributed by atoms with Crippen molar-refractivity contribution in [1.82, 2.24) is 24.4 Å². The normalized spacial score (nSPS) is 17.0. The molecule has 0 aliphatic carbocycles. The van der Waals surface area contributed by atoms with Gasteiger partial charge in [0.05, 0.1) is 55.1 Å². The van der Waals surface area contributed by atoms with Crippen LogP contribution in [0.5, 0.6) is 5.75 Å². The second-order valence-corrected chi connectivity index (χ2v) is 8.64. The number of morpholine rings is 1. The minimum atomic E-state index is -0.131. The van der Waals surface area contributed by atoms with Gasteiger partial charge in [0, 0.05) is 24.7 Å². The van der Waals surface area contributed by atoms with Gasteiger partial charge in [0.25, 0.3) is 0 Å². The molecular weight excluding hydrogens is 414 g/mol. The molecule has 0 spiro atoms. The first-order valence-corrected chi connectivity index (χ1v) is 11.4. The van der Waals surface area contributed by atoms with E-state index in [9.17, 15) is 0 Å². The number of benzene rings is 2. The molecule has 5 rings (SSSR count). The van der Waals surface area contributed by atoms with E-state index in [2.05, 4.69) is 46.5 Å². The minimum absolute atomic E-state index is 0.131. The van der Waals surface area contributed by atoms with Crippen molar-refractivity contribution in [3.63, 3.8) is 0 Å². The first-order chi connectivity index (χ1) is 16.1.